The van der Waals surface area contributed by atoms with Gasteiger partial charge in [0.1, 0.15) is 24.3 Å². The van der Waals surface area contributed by atoms with Crippen molar-refractivity contribution in [1.29, 1.82) is 0 Å². The van der Waals surface area contributed by atoms with Crippen LogP contribution in [0.1, 0.15) is 17.3 Å². The standard InChI is InChI=1S/C21H25FN2O3.ClH/c1-16(25)17-2-8-21(9-3-17)27-15-20(26)14-23-10-12-24(13-11-23)19-6-4-18(22)5-7-19;/h2-9,20,26H,10-15H2,1H3;1H. The summed E-state index contributed by atoms with van der Waals surface area (Å²) in [5.41, 5.74) is 1.66. The Hall–Kier alpha value is -2.15. The molecule has 0 amide bonds. The van der Waals surface area contributed by atoms with Gasteiger partial charge < -0.3 is 14.7 Å². The summed E-state index contributed by atoms with van der Waals surface area (Å²) in [5, 5.41) is 10.2. The zero-order valence-corrected chi connectivity index (χ0v) is 16.7. The first kappa shape index (κ1) is 22.1. The number of aliphatic hydroxyl groups is 1. The first-order chi connectivity index (χ1) is 13.0. The Bertz CT molecular complexity index is 747. The molecule has 0 bridgehead atoms. The van der Waals surface area contributed by atoms with Crippen molar-refractivity contribution in [3.8, 4) is 5.75 Å². The summed E-state index contributed by atoms with van der Waals surface area (Å²) >= 11 is 0. The second kappa shape index (κ2) is 10.4. The molecule has 28 heavy (non-hydrogen) atoms. The lowest BCUT2D eigenvalue weighted by Gasteiger charge is -2.36. The van der Waals surface area contributed by atoms with Gasteiger partial charge in [-0.05, 0) is 55.5 Å². The highest BCUT2D eigenvalue weighted by molar-refractivity contribution is 5.94. The minimum atomic E-state index is -0.588. The third kappa shape index (κ3) is 6.19. The Morgan fingerprint density at radius 1 is 1.07 bits per heavy atom. The molecule has 1 aliphatic rings. The topological polar surface area (TPSA) is 53.0 Å². The lowest BCUT2D eigenvalue weighted by atomic mass is 10.1. The summed E-state index contributed by atoms with van der Waals surface area (Å²) in [5.74, 6) is 0.429. The SMILES string of the molecule is CC(=O)c1ccc(OCC(O)CN2CCN(c3ccc(F)cc3)CC2)cc1.Cl. The Labute approximate surface area is 171 Å². The summed E-state index contributed by atoms with van der Waals surface area (Å²) < 4.78 is 18.6. The van der Waals surface area contributed by atoms with Crippen LogP contribution < -0.4 is 9.64 Å². The quantitative estimate of drug-likeness (QED) is 0.714. The average molecular weight is 409 g/mol. The monoisotopic (exact) mass is 408 g/mol. The number of piperazine rings is 1. The average Bonchev–Trinajstić information content (AvgIpc) is 2.68. The Morgan fingerprint density at radius 2 is 1.68 bits per heavy atom. The van der Waals surface area contributed by atoms with Gasteiger partial charge in [-0.1, -0.05) is 0 Å². The number of anilines is 1. The number of rotatable bonds is 7. The van der Waals surface area contributed by atoms with Gasteiger partial charge in [0.25, 0.3) is 0 Å². The second-order valence-electron chi connectivity index (χ2n) is 6.81. The maximum absolute atomic E-state index is 13.0. The molecule has 152 valence electrons. The van der Waals surface area contributed by atoms with Crippen LogP contribution in [0.3, 0.4) is 0 Å². The first-order valence-electron chi connectivity index (χ1n) is 9.16. The van der Waals surface area contributed by atoms with Crippen molar-refractivity contribution in [2.45, 2.75) is 13.0 Å². The molecular weight excluding hydrogens is 383 g/mol. The maximum atomic E-state index is 13.0. The molecule has 1 heterocycles. The van der Waals surface area contributed by atoms with Gasteiger partial charge in [-0.15, -0.1) is 12.4 Å². The molecule has 2 aromatic rings. The van der Waals surface area contributed by atoms with Gasteiger partial charge in [0, 0.05) is 44.0 Å². The van der Waals surface area contributed by atoms with Crippen molar-refractivity contribution in [2.24, 2.45) is 0 Å². The summed E-state index contributed by atoms with van der Waals surface area (Å²) in [6, 6.07) is 13.5. The van der Waals surface area contributed by atoms with E-state index in [0.717, 1.165) is 31.9 Å². The fourth-order valence-electron chi connectivity index (χ4n) is 3.17. The molecule has 0 saturated carbocycles. The van der Waals surface area contributed by atoms with Gasteiger partial charge in [0.2, 0.25) is 0 Å². The molecular formula is C21H26ClFN2O3. The number of ether oxygens (including phenoxy) is 1. The van der Waals surface area contributed by atoms with Gasteiger partial charge in [-0.3, -0.25) is 9.69 Å². The van der Waals surface area contributed by atoms with Crippen LogP contribution in [0.5, 0.6) is 5.75 Å². The largest absolute Gasteiger partial charge is 0.491 e. The van der Waals surface area contributed by atoms with Crippen molar-refractivity contribution in [1.82, 2.24) is 4.90 Å². The second-order valence-corrected chi connectivity index (χ2v) is 6.81. The zero-order chi connectivity index (χ0) is 19.2. The van der Waals surface area contributed by atoms with Crippen LogP contribution in [0.4, 0.5) is 10.1 Å². The fraction of sp³-hybridized carbons (Fsp3) is 0.381. The minimum absolute atomic E-state index is 0. The molecule has 1 fully saturated rings. The van der Waals surface area contributed by atoms with Gasteiger partial charge in [-0.2, -0.15) is 0 Å². The molecule has 3 rings (SSSR count). The third-order valence-electron chi connectivity index (χ3n) is 4.74. The van der Waals surface area contributed by atoms with E-state index < -0.39 is 6.10 Å². The zero-order valence-electron chi connectivity index (χ0n) is 15.9. The van der Waals surface area contributed by atoms with E-state index in [1.165, 1.54) is 19.1 Å². The number of Topliss-reactive ketones (excluding diaryl/α,β-unsaturated/α-hetero) is 1. The van der Waals surface area contributed by atoms with Crippen molar-refractivity contribution < 1.29 is 19.0 Å². The molecule has 0 aromatic heterocycles. The van der Waals surface area contributed by atoms with Crippen molar-refractivity contribution >= 4 is 23.9 Å². The van der Waals surface area contributed by atoms with Crippen LogP contribution >= 0.6 is 12.4 Å². The number of β-amino-alcohol motifs (C(OH)–C–C–N with tert-alkyl or cyclic N) is 1. The van der Waals surface area contributed by atoms with E-state index in [2.05, 4.69) is 9.80 Å². The third-order valence-corrected chi connectivity index (χ3v) is 4.74. The van der Waals surface area contributed by atoms with Gasteiger partial charge in [-0.25, -0.2) is 4.39 Å². The molecule has 1 N–H and O–H groups in total. The van der Waals surface area contributed by atoms with E-state index in [1.54, 1.807) is 36.4 Å². The number of halogens is 2. The lowest BCUT2D eigenvalue weighted by Crippen LogP contribution is -2.49. The minimum Gasteiger partial charge on any atom is -0.491 e. The van der Waals surface area contributed by atoms with Gasteiger partial charge in [0.15, 0.2) is 5.78 Å². The number of carbonyl (C=O) groups is 1. The van der Waals surface area contributed by atoms with Crippen molar-refractivity contribution in [3.05, 3.63) is 59.9 Å². The smallest absolute Gasteiger partial charge is 0.159 e. The van der Waals surface area contributed by atoms with E-state index in [1.807, 2.05) is 0 Å². The van der Waals surface area contributed by atoms with E-state index in [9.17, 15) is 14.3 Å². The number of hydrogen-bond donors (Lipinski definition) is 1. The van der Waals surface area contributed by atoms with Crippen LogP contribution in [0.15, 0.2) is 48.5 Å². The van der Waals surface area contributed by atoms with Gasteiger partial charge in [0.05, 0.1) is 0 Å². The van der Waals surface area contributed by atoms with E-state index in [-0.39, 0.29) is 30.6 Å². The molecule has 5 nitrogen and oxygen atoms in total. The van der Waals surface area contributed by atoms with Crippen LogP contribution in [0.2, 0.25) is 0 Å². The highest BCUT2D eigenvalue weighted by Gasteiger charge is 2.19. The molecule has 1 saturated heterocycles. The molecule has 0 spiro atoms. The lowest BCUT2D eigenvalue weighted by molar-refractivity contribution is 0.0663. The van der Waals surface area contributed by atoms with Crippen LogP contribution in [0.25, 0.3) is 0 Å². The molecule has 7 heteroatoms. The molecule has 2 aromatic carbocycles. The predicted octanol–water partition coefficient (Wildman–Crippen LogP) is 3.01. The van der Waals surface area contributed by atoms with Crippen LogP contribution in [-0.2, 0) is 0 Å². The van der Waals surface area contributed by atoms with E-state index >= 15 is 0 Å². The Kier molecular flexibility index (Phi) is 8.23. The first-order valence-corrected chi connectivity index (χ1v) is 9.16. The van der Waals surface area contributed by atoms with E-state index in [4.69, 9.17) is 4.74 Å². The highest BCUT2D eigenvalue weighted by atomic mass is 35.5. The Morgan fingerprint density at radius 3 is 2.25 bits per heavy atom. The summed E-state index contributed by atoms with van der Waals surface area (Å²) in [7, 11) is 0. The molecule has 1 unspecified atom stereocenters. The molecule has 0 aliphatic carbocycles. The summed E-state index contributed by atoms with van der Waals surface area (Å²) in [6.45, 7) is 5.62. The Balaban J connectivity index is 0.00000280. The number of hydrogen-bond acceptors (Lipinski definition) is 5. The molecule has 1 atom stereocenters. The van der Waals surface area contributed by atoms with Crippen LogP contribution in [-0.4, -0.2) is 61.2 Å². The van der Waals surface area contributed by atoms with Gasteiger partial charge >= 0.3 is 0 Å². The summed E-state index contributed by atoms with van der Waals surface area (Å²) in [4.78, 5) is 15.7. The van der Waals surface area contributed by atoms with Crippen LogP contribution in [0, 0.1) is 5.82 Å². The normalized spacial score (nSPS) is 15.6. The fourth-order valence-corrected chi connectivity index (χ4v) is 3.17. The molecule has 0 radical (unpaired) electrons. The van der Waals surface area contributed by atoms with Crippen molar-refractivity contribution in [3.63, 3.8) is 0 Å². The summed E-state index contributed by atoms with van der Waals surface area (Å²) in [6.07, 6.45) is -0.588. The predicted molar refractivity (Wildman–Crippen MR) is 110 cm³/mol. The maximum Gasteiger partial charge on any atom is 0.159 e. The number of nitrogens with zero attached hydrogens (tertiary/aromatic N) is 2. The number of benzene rings is 2. The highest BCUT2D eigenvalue weighted by Crippen LogP contribution is 2.17. The molecule has 1 aliphatic heterocycles. The number of carbonyl (C=O) groups excluding carboxylic acids is 1. The van der Waals surface area contributed by atoms with Crippen molar-refractivity contribution in [2.75, 3.05) is 44.2 Å². The number of ketones is 1. The van der Waals surface area contributed by atoms with E-state index in [0.29, 0.717) is 17.9 Å². The number of aliphatic hydroxyl groups excluding tert-OH is 1.